The fraction of sp³-hybridized carbons (Fsp3) is 0.304. The summed E-state index contributed by atoms with van der Waals surface area (Å²) < 4.78 is 22.3. The van der Waals surface area contributed by atoms with Gasteiger partial charge in [0.25, 0.3) is 5.56 Å². The molecule has 7 nitrogen and oxygen atoms in total. The third-order valence-corrected chi connectivity index (χ3v) is 6.31. The second-order valence-electron chi connectivity index (χ2n) is 8.07. The van der Waals surface area contributed by atoms with Gasteiger partial charge in [-0.15, -0.1) is 0 Å². The Labute approximate surface area is 188 Å². The number of aromatic nitrogens is 5. The van der Waals surface area contributed by atoms with Gasteiger partial charge in [-0.05, 0) is 44.9 Å². The predicted molar refractivity (Wildman–Crippen MR) is 118 cm³/mol. The highest BCUT2D eigenvalue weighted by Crippen LogP contribution is 2.37. The van der Waals surface area contributed by atoms with E-state index in [1.165, 1.54) is 10.5 Å². The molecule has 32 heavy (non-hydrogen) atoms. The molecule has 5 rings (SSSR count). The average molecular weight is 454 g/mol. The molecule has 1 saturated heterocycles. The van der Waals surface area contributed by atoms with Crippen LogP contribution in [0.15, 0.2) is 41.6 Å². The first-order valence-corrected chi connectivity index (χ1v) is 10.8. The Balaban J connectivity index is 1.69. The van der Waals surface area contributed by atoms with Gasteiger partial charge >= 0.3 is 0 Å². The first-order valence-electron chi connectivity index (χ1n) is 10.4. The van der Waals surface area contributed by atoms with Crippen LogP contribution in [0.25, 0.3) is 16.9 Å². The number of rotatable bonds is 3. The van der Waals surface area contributed by atoms with Gasteiger partial charge in [0.1, 0.15) is 11.5 Å². The lowest BCUT2D eigenvalue weighted by Crippen LogP contribution is -2.24. The van der Waals surface area contributed by atoms with Crippen LogP contribution in [0.2, 0.25) is 5.02 Å². The zero-order chi connectivity index (χ0) is 22.4. The van der Waals surface area contributed by atoms with Crippen molar-refractivity contribution in [3.05, 3.63) is 80.5 Å². The minimum absolute atomic E-state index is 0.0238. The monoisotopic (exact) mass is 453 g/mol. The number of hydrogen-bond donors (Lipinski definition) is 1. The molecule has 164 valence electrons. The van der Waals surface area contributed by atoms with Crippen molar-refractivity contribution in [2.24, 2.45) is 0 Å². The molecule has 1 aliphatic rings. The summed E-state index contributed by atoms with van der Waals surface area (Å²) in [5.74, 6) is -0.490. The summed E-state index contributed by atoms with van der Waals surface area (Å²) in [5, 5.41) is 7.11. The molecule has 0 amide bonds. The van der Waals surface area contributed by atoms with Crippen LogP contribution < -0.4 is 5.56 Å². The molecule has 0 aliphatic carbocycles. The smallest absolute Gasteiger partial charge is 0.261 e. The van der Waals surface area contributed by atoms with Gasteiger partial charge in [-0.3, -0.25) is 14.3 Å². The normalized spacial score (nSPS) is 18.9. The number of halogens is 2. The molecule has 2 atom stereocenters. The molecular weight excluding hydrogens is 433 g/mol. The summed E-state index contributed by atoms with van der Waals surface area (Å²) in [4.78, 5) is 22.5. The fourth-order valence-electron chi connectivity index (χ4n) is 4.15. The largest absolute Gasteiger partial charge is 0.373 e. The van der Waals surface area contributed by atoms with Crippen molar-refractivity contribution in [3.8, 4) is 11.3 Å². The molecule has 9 heteroatoms. The van der Waals surface area contributed by atoms with Crippen LogP contribution in [0.4, 0.5) is 4.39 Å². The molecule has 3 aromatic heterocycles. The molecule has 1 N–H and O–H groups in total. The standard InChI is InChI=1S/C23H21ClFN5O2/c1-12-13(2)28-22-21(17-4-3-16(24)8-18(17)25)29-19(11-30(22)23(12)31)14-5-6-32-20(7-14)15-9-26-27-10-15/h3-4,8-11,14,20H,5-7H2,1-2H3,(H,26,27)/t14-,20+/m1/s1. The van der Waals surface area contributed by atoms with Gasteiger partial charge in [0.05, 0.1) is 18.0 Å². The number of H-pyrrole nitrogens is 1. The van der Waals surface area contributed by atoms with E-state index in [0.717, 1.165) is 12.0 Å². The van der Waals surface area contributed by atoms with Crippen LogP contribution in [-0.2, 0) is 4.74 Å². The Morgan fingerprint density at radius 3 is 2.88 bits per heavy atom. The summed E-state index contributed by atoms with van der Waals surface area (Å²) in [6, 6.07) is 4.42. The molecule has 0 unspecified atom stereocenters. The molecule has 4 aromatic rings. The summed E-state index contributed by atoms with van der Waals surface area (Å²) >= 11 is 5.96. The minimum Gasteiger partial charge on any atom is -0.373 e. The van der Waals surface area contributed by atoms with Crippen LogP contribution in [-0.4, -0.2) is 31.2 Å². The van der Waals surface area contributed by atoms with Gasteiger partial charge in [-0.2, -0.15) is 5.10 Å². The zero-order valence-electron chi connectivity index (χ0n) is 17.6. The highest BCUT2D eigenvalue weighted by Gasteiger charge is 2.28. The lowest BCUT2D eigenvalue weighted by atomic mass is 9.90. The van der Waals surface area contributed by atoms with Crippen molar-refractivity contribution in [2.45, 2.75) is 38.7 Å². The number of nitrogens with zero attached hydrogens (tertiary/aromatic N) is 4. The van der Waals surface area contributed by atoms with E-state index in [1.54, 1.807) is 38.4 Å². The van der Waals surface area contributed by atoms with Crippen molar-refractivity contribution in [1.82, 2.24) is 24.6 Å². The Kier molecular flexibility index (Phi) is 5.27. The van der Waals surface area contributed by atoms with E-state index in [2.05, 4.69) is 15.2 Å². The van der Waals surface area contributed by atoms with Crippen LogP contribution in [0.3, 0.4) is 0 Å². The number of aryl methyl sites for hydroxylation is 1. The molecule has 0 spiro atoms. The van der Waals surface area contributed by atoms with Crippen molar-refractivity contribution < 1.29 is 9.13 Å². The van der Waals surface area contributed by atoms with Crippen LogP contribution in [0.5, 0.6) is 0 Å². The lowest BCUT2D eigenvalue weighted by molar-refractivity contribution is 0.00461. The van der Waals surface area contributed by atoms with Gasteiger partial charge in [-0.25, -0.2) is 14.4 Å². The van der Waals surface area contributed by atoms with E-state index in [1.807, 2.05) is 6.20 Å². The number of fused-ring (bicyclic) bond motifs is 1. The lowest BCUT2D eigenvalue weighted by Gasteiger charge is -2.29. The maximum atomic E-state index is 14.9. The Bertz CT molecular complexity index is 1370. The van der Waals surface area contributed by atoms with E-state index >= 15 is 0 Å². The van der Waals surface area contributed by atoms with Crippen molar-refractivity contribution in [2.75, 3.05) is 6.61 Å². The Hall–Kier alpha value is -3.10. The van der Waals surface area contributed by atoms with E-state index < -0.39 is 5.82 Å². The van der Waals surface area contributed by atoms with E-state index in [9.17, 15) is 9.18 Å². The number of hydrogen-bond acceptors (Lipinski definition) is 5. The zero-order valence-corrected chi connectivity index (χ0v) is 18.4. The summed E-state index contributed by atoms with van der Waals surface area (Å²) in [6.45, 7) is 4.05. The third kappa shape index (κ3) is 3.59. The fourth-order valence-corrected chi connectivity index (χ4v) is 4.31. The maximum absolute atomic E-state index is 14.9. The molecule has 4 heterocycles. The van der Waals surface area contributed by atoms with Crippen LogP contribution in [0.1, 0.15) is 47.4 Å². The summed E-state index contributed by atoms with van der Waals surface area (Å²) in [7, 11) is 0. The topological polar surface area (TPSA) is 85.2 Å². The van der Waals surface area contributed by atoms with Crippen molar-refractivity contribution in [3.63, 3.8) is 0 Å². The first-order chi connectivity index (χ1) is 15.4. The number of aromatic amines is 1. The number of benzene rings is 1. The molecule has 1 aromatic carbocycles. The van der Waals surface area contributed by atoms with Crippen LogP contribution in [0, 0.1) is 19.7 Å². The average Bonchev–Trinajstić information content (AvgIpc) is 3.33. The second-order valence-corrected chi connectivity index (χ2v) is 8.51. The number of nitrogens with one attached hydrogen (secondary N) is 1. The van der Waals surface area contributed by atoms with Gasteiger partial charge in [0, 0.05) is 52.3 Å². The van der Waals surface area contributed by atoms with Crippen molar-refractivity contribution in [1.29, 1.82) is 0 Å². The second kappa shape index (κ2) is 8.11. The Morgan fingerprint density at radius 2 is 2.12 bits per heavy atom. The molecule has 0 saturated carbocycles. The quantitative estimate of drug-likeness (QED) is 0.492. The van der Waals surface area contributed by atoms with E-state index in [0.29, 0.717) is 41.3 Å². The summed E-state index contributed by atoms with van der Waals surface area (Å²) in [6.07, 6.45) is 6.58. The summed E-state index contributed by atoms with van der Waals surface area (Å²) in [5.41, 5.74) is 3.50. The molecular formula is C23H21ClFN5O2. The third-order valence-electron chi connectivity index (χ3n) is 6.08. The highest BCUT2D eigenvalue weighted by atomic mass is 35.5. The molecule has 0 bridgehead atoms. The maximum Gasteiger partial charge on any atom is 0.261 e. The SMILES string of the molecule is Cc1nc2c(-c3ccc(Cl)cc3F)nc([C@@H]3CCO[C@H](c4cn[nH]c4)C3)cn2c(=O)c1C. The highest BCUT2D eigenvalue weighted by molar-refractivity contribution is 6.30. The molecule has 1 aliphatic heterocycles. The first kappa shape index (κ1) is 20.8. The number of ether oxygens (including phenoxy) is 1. The van der Waals surface area contributed by atoms with Gasteiger partial charge in [0.15, 0.2) is 5.65 Å². The van der Waals surface area contributed by atoms with Crippen LogP contribution >= 0.6 is 11.6 Å². The van der Waals surface area contributed by atoms with Crippen molar-refractivity contribution >= 4 is 17.2 Å². The van der Waals surface area contributed by atoms with E-state index in [-0.39, 0.29) is 28.2 Å². The van der Waals surface area contributed by atoms with Gasteiger partial charge in [-0.1, -0.05) is 11.6 Å². The molecule has 1 fully saturated rings. The Morgan fingerprint density at radius 1 is 1.28 bits per heavy atom. The molecule has 0 radical (unpaired) electrons. The van der Waals surface area contributed by atoms with E-state index in [4.69, 9.17) is 21.3 Å². The minimum atomic E-state index is -0.514. The van der Waals surface area contributed by atoms with Gasteiger partial charge in [0.2, 0.25) is 0 Å². The predicted octanol–water partition coefficient (Wildman–Crippen LogP) is 4.52. The van der Waals surface area contributed by atoms with Gasteiger partial charge < -0.3 is 4.74 Å².